The van der Waals surface area contributed by atoms with Gasteiger partial charge in [0.2, 0.25) is 11.8 Å². The zero-order valence-corrected chi connectivity index (χ0v) is 25.1. The third-order valence-electron chi connectivity index (χ3n) is 6.70. The van der Waals surface area contributed by atoms with E-state index < -0.39 is 27.5 Å². The Morgan fingerprint density at radius 3 is 2.37 bits per heavy atom. The molecular weight excluding hydrogens is 564 g/mol. The normalized spacial score (nSPS) is 13.9. The molecule has 4 N–H and O–H groups in total. The molecular formula is C30H37ClN4O5S. The molecule has 220 valence electrons. The van der Waals surface area contributed by atoms with E-state index in [2.05, 4.69) is 10.0 Å². The lowest BCUT2D eigenvalue weighted by atomic mass is 9.98. The summed E-state index contributed by atoms with van der Waals surface area (Å²) in [6.45, 7) is 6.04. The molecule has 1 aliphatic heterocycles. The molecule has 0 aromatic heterocycles. The number of carbonyl (C=O) groups is 2. The summed E-state index contributed by atoms with van der Waals surface area (Å²) in [6.07, 6.45) is 0.597. The number of nitrogens with two attached hydrogens (primary N) is 1. The Morgan fingerprint density at radius 2 is 1.71 bits per heavy atom. The molecule has 1 aliphatic rings. The van der Waals surface area contributed by atoms with Gasteiger partial charge in [-0.25, -0.2) is 8.42 Å². The second kappa shape index (κ2) is 13.5. The number of ether oxygens (including phenoxy) is 1. The van der Waals surface area contributed by atoms with E-state index in [1.165, 1.54) is 0 Å². The highest BCUT2D eigenvalue weighted by Crippen LogP contribution is 2.25. The summed E-state index contributed by atoms with van der Waals surface area (Å²) in [5.74, 6) is -0.749. The molecule has 0 aliphatic carbocycles. The van der Waals surface area contributed by atoms with Crippen LogP contribution in [0.2, 0.25) is 0 Å². The van der Waals surface area contributed by atoms with E-state index in [1.54, 1.807) is 55.1 Å². The maximum Gasteiger partial charge on any atom is 0.261 e. The van der Waals surface area contributed by atoms with E-state index in [-0.39, 0.29) is 36.4 Å². The molecule has 9 nitrogen and oxygen atoms in total. The highest BCUT2D eigenvalue weighted by Gasteiger charge is 2.32. The molecule has 0 radical (unpaired) electrons. The van der Waals surface area contributed by atoms with Gasteiger partial charge in [-0.3, -0.25) is 14.3 Å². The van der Waals surface area contributed by atoms with Crippen molar-refractivity contribution in [3.63, 3.8) is 0 Å². The van der Waals surface area contributed by atoms with Crippen molar-refractivity contribution < 1.29 is 22.7 Å². The summed E-state index contributed by atoms with van der Waals surface area (Å²) in [7, 11) is -3.77. The Hall–Kier alpha value is -3.44. The number of halogens is 1. The van der Waals surface area contributed by atoms with Crippen LogP contribution in [0.4, 0.5) is 5.69 Å². The summed E-state index contributed by atoms with van der Waals surface area (Å²) in [4.78, 5) is 28.1. The minimum absolute atomic E-state index is 0. The summed E-state index contributed by atoms with van der Waals surface area (Å²) >= 11 is 0. The van der Waals surface area contributed by atoms with Crippen molar-refractivity contribution in [2.24, 2.45) is 5.73 Å². The number of sulfonamides is 1. The number of nitrogens with one attached hydrogen (secondary N) is 2. The van der Waals surface area contributed by atoms with Gasteiger partial charge in [-0.05, 0) is 68.1 Å². The molecule has 1 atom stereocenters. The number of hydrogen-bond donors (Lipinski definition) is 3. The minimum Gasteiger partial charge on any atom is -0.374 e. The van der Waals surface area contributed by atoms with E-state index in [0.29, 0.717) is 25.3 Å². The smallest absolute Gasteiger partial charge is 0.261 e. The standard InChI is InChI=1S/C30H36N4O5S.ClH/c1-21-9-13-26(14-10-21)40(37,38)33-25-12-11-23-15-16-34(18-24(23)17-25)28(35)27(32-29(36)30(2,3)31)20-39-19-22-7-5-4-6-8-22;/h4-14,17,27,33H,15-16,18-20,31H2,1-3H3,(H,32,36);1H. The third-order valence-corrected chi connectivity index (χ3v) is 8.10. The van der Waals surface area contributed by atoms with Crippen LogP contribution in [0.5, 0.6) is 0 Å². The summed E-state index contributed by atoms with van der Waals surface area (Å²) < 4.78 is 34.2. The van der Waals surface area contributed by atoms with Crippen molar-refractivity contribution in [2.45, 2.75) is 56.8 Å². The van der Waals surface area contributed by atoms with Gasteiger partial charge >= 0.3 is 0 Å². The summed E-state index contributed by atoms with van der Waals surface area (Å²) in [6, 6.07) is 20.6. The maximum atomic E-state index is 13.6. The van der Waals surface area contributed by atoms with Gasteiger partial charge in [-0.1, -0.05) is 54.1 Å². The Kier molecular flexibility index (Phi) is 10.5. The topological polar surface area (TPSA) is 131 Å². The van der Waals surface area contributed by atoms with Crippen LogP contribution in [0.25, 0.3) is 0 Å². The first-order valence-corrected chi connectivity index (χ1v) is 14.6. The first-order chi connectivity index (χ1) is 18.9. The fraction of sp³-hybridized carbons (Fsp3) is 0.333. The summed E-state index contributed by atoms with van der Waals surface area (Å²) in [5.41, 5.74) is 8.99. The van der Waals surface area contributed by atoms with Gasteiger partial charge in [0.15, 0.2) is 0 Å². The third kappa shape index (κ3) is 8.53. The largest absolute Gasteiger partial charge is 0.374 e. The number of amides is 2. The van der Waals surface area contributed by atoms with E-state index in [9.17, 15) is 18.0 Å². The Balaban J connectivity index is 0.00000462. The summed E-state index contributed by atoms with van der Waals surface area (Å²) in [5, 5.41) is 2.76. The number of carbonyl (C=O) groups excluding carboxylic acids is 2. The van der Waals surface area contributed by atoms with E-state index >= 15 is 0 Å². The number of anilines is 1. The van der Waals surface area contributed by atoms with E-state index in [4.69, 9.17) is 10.5 Å². The fourth-order valence-corrected chi connectivity index (χ4v) is 5.40. The number of benzene rings is 3. The molecule has 0 fully saturated rings. The van der Waals surface area contributed by atoms with Crippen LogP contribution in [0.1, 0.15) is 36.1 Å². The number of rotatable bonds is 10. The van der Waals surface area contributed by atoms with Gasteiger partial charge in [0.05, 0.1) is 23.6 Å². The molecule has 3 aromatic rings. The van der Waals surface area contributed by atoms with Crippen LogP contribution in [0.3, 0.4) is 0 Å². The van der Waals surface area contributed by atoms with Crippen LogP contribution < -0.4 is 15.8 Å². The van der Waals surface area contributed by atoms with Crippen LogP contribution in [0.15, 0.2) is 77.7 Å². The number of aryl methyl sites for hydroxylation is 1. The van der Waals surface area contributed by atoms with Gasteiger partial charge < -0.3 is 20.7 Å². The predicted octanol–water partition coefficient (Wildman–Crippen LogP) is 3.54. The monoisotopic (exact) mass is 600 g/mol. The van der Waals surface area contributed by atoms with Crippen LogP contribution in [-0.2, 0) is 43.9 Å². The van der Waals surface area contributed by atoms with E-state index in [1.807, 2.05) is 43.3 Å². The number of fused-ring (bicyclic) bond motifs is 1. The van der Waals surface area contributed by atoms with Gasteiger partial charge in [0.1, 0.15) is 6.04 Å². The lowest BCUT2D eigenvalue weighted by molar-refractivity contribution is -0.140. The zero-order valence-electron chi connectivity index (χ0n) is 23.4. The number of hydrogen-bond acceptors (Lipinski definition) is 6. The van der Waals surface area contributed by atoms with E-state index in [0.717, 1.165) is 22.3 Å². The molecule has 1 heterocycles. The second-order valence-corrected chi connectivity index (χ2v) is 12.3. The van der Waals surface area contributed by atoms with Crippen molar-refractivity contribution in [1.29, 1.82) is 0 Å². The highest BCUT2D eigenvalue weighted by molar-refractivity contribution is 7.92. The Bertz CT molecular complexity index is 1460. The van der Waals surface area contributed by atoms with Crippen molar-refractivity contribution in [2.75, 3.05) is 17.9 Å². The molecule has 1 unspecified atom stereocenters. The van der Waals surface area contributed by atoms with Crippen molar-refractivity contribution in [1.82, 2.24) is 10.2 Å². The molecule has 0 spiro atoms. The van der Waals surface area contributed by atoms with Crippen LogP contribution >= 0.6 is 12.4 Å². The van der Waals surface area contributed by atoms with Crippen molar-refractivity contribution in [3.8, 4) is 0 Å². The lowest BCUT2D eigenvalue weighted by Gasteiger charge is -2.33. The van der Waals surface area contributed by atoms with Crippen molar-refractivity contribution >= 4 is 39.9 Å². The predicted molar refractivity (Wildman–Crippen MR) is 161 cm³/mol. The van der Waals surface area contributed by atoms with Crippen LogP contribution in [0, 0.1) is 6.92 Å². The number of nitrogens with zero attached hydrogens (tertiary/aromatic N) is 1. The quantitative estimate of drug-likeness (QED) is 0.326. The highest BCUT2D eigenvalue weighted by atomic mass is 35.5. The first kappa shape index (κ1) is 32.1. The molecule has 41 heavy (non-hydrogen) atoms. The fourth-order valence-electron chi connectivity index (χ4n) is 4.35. The average molecular weight is 601 g/mol. The molecule has 4 rings (SSSR count). The Labute approximate surface area is 247 Å². The molecule has 0 bridgehead atoms. The molecule has 2 amide bonds. The average Bonchev–Trinajstić information content (AvgIpc) is 2.91. The van der Waals surface area contributed by atoms with Crippen LogP contribution in [-0.4, -0.2) is 49.9 Å². The molecule has 0 saturated carbocycles. The second-order valence-electron chi connectivity index (χ2n) is 10.7. The van der Waals surface area contributed by atoms with Gasteiger partial charge in [-0.2, -0.15) is 0 Å². The Morgan fingerprint density at radius 1 is 1.02 bits per heavy atom. The maximum absolute atomic E-state index is 13.6. The lowest BCUT2D eigenvalue weighted by Crippen LogP contribution is -2.58. The molecule has 0 saturated heterocycles. The molecule has 11 heteroatoms. The van der Waals surface area contributed by atoms with Crippen molar-refractivity contribution in [3.05, 3.63) is 95.1 Å². The molecule has 3 aromatic carbocycles. The SMILES string of the molecule is Cc1ccc(S(=O)(=O)Nc2ccc3c(c2)CN(C(=O)C(COCc2ccccc2)NC(=O)C(C)(C)N)CC3)cc1.Cl. The van der Waals surface area contributed by atoms with Gasteiger partial charge in [0, 0.05) is 18.8 Å². The van der Waals surface area contributed by atoms with Gasteiger partial charge in [-0.15, -0.1) is 12.4 Å². The van der Waals surface area contributed by atoms with Gasteiger partial charge in [0.25, 0.3) is 10.0 Å². The first-order valence-electron chi connectivity index (χ1n) is 13.1. The zero-order chi connectivity index (χ0) is 28.9. The minimum atomic E-state index is -3.77.